The number of rotatable bonds is 2. The molecule has 0 fully saturated rings. The minimum atomic E-state index is -0.425. The molecule has 1 aromatic heterocycles. The van der Waals surface area contributed by atoms with Crippen molar-refractivity contribution >= 4 is 0 Å². The molecule has 1 radical (unpaired) electrons. The molecule has 0 spiro atoms. The largest absolute Gasteiger partial charge is 0.456 e. The molecule has 1 aliphatic carbocycles. The van der Waals surface area contributed by atoms with E-state index in [1.54, 1.807) is 6.07 Å². The molecule has 0 saturated heterocycles. The molecule has 0 atom stereocenters. The van der Waals surface area contributed by atoms with Gasteiger partial charge in [0.05, 0.1) is 5.76 Å². The Balaban J connectivity index is 0. The quantitative estimate of drug-likeness (QED) is 0.398. The third-order valence-electron chi connectivity index (χ3n) is 5.08. The molecule has 6 nitrogen and oxygen atoms in total. The molecule has 3 rings (SSSR count). The zero-order chi connectivity index (χ0) is 22.6. The second-order valence-corrected chi connectivity index (χ2v) is 6.38. The second kappa shape index (κ2) is 15.3. The minimum Gasteiger partial charge on any atom is -0.456 e. The van der Waals surface area contributed by atoms with Gasteiger partial charge in [0.2, 0.25) is 5.63 Å². The van der Waals surface area contributed by atoms with Crippen LogP contribution < -0.4 is 5.63 Å². The Bertz CT molecular complexity index is 879. The fourth-order valence-electron chi connectivity index (χ4n) is 2.90. The smallest absolute Gasteiger partial charge is 0.241 e. The fraction of sp³-hybridized carbons (Fsp3) is 0.304. The molecular weight excluding hydrogens is 420 g/mol. The maximum absolute atomic E-state index is 11.1. The summed E-state index contributed by atoms with van der Waals surface area (Å²) in [5, 5.41) is 0. The van der Waals surface area contributed by atoms with Gasteiger partial charge in [0.25, 0.3) is 0 Å². The Labute approximate surface area is 188 Å². The topological polar surface area (TPSA) is 112 Å². The van der Waals surface area contributed by atoms with Gasteiger partial charge in [-0.2, -0.15) is 21.4 Å². The molecule has 0 unspecified atom stereocenters. The van der Waals surface area contributed by atoms with Crippen LogP contribution in [0.3, 0.4) is 0 Å². The summed E-state index contributed by atoms with van der Waals surface area (Å²) in [6.07, 6.45) is 0.824. The zero-order valence-electron chi connectivity index (χ0n) is 18.2. The summed E-state index contributed by atoms with van der Waals surface area (Å²) < 4.78 is 5.17. The van der Waals surface area contributed by atoms with E-state index in [4.69, 9.17) is 14.2 Å². The number of allylic oxidation sites excluding steroid dienone is 4. The van der Waals surface area contributed by atoms with Gasteiger partial charge in [0, 0.05) is 23.3 Å². The fourth-order valence-corrected chi connectivity index (χ4v) is 2.90. The molecule has 30 heavy (non-hydrogen) atoms. The maximum atomic E-state index is 11.1. The summed E-state index contributed by atoms with van der Waals surface area (Å²) in [6.45, 7) is 13.0. The molecule has 1 aliphatic rings. The van der Waals surface area contributed by atoms with E-state index in [0.29, 0.717) is 5.76 Å². The van der Waals surface area contributed by atoms with Gasteiger partial charge in [-0.1, -0.05) is 72.9 Å². The van der Waals surface area contributed by atoms with Gasteiger partial charge >= 0.3 is 0 Å². The van der Waals surface area contributed by atoms with E-state index in [1.165, 1.54) is 28.2 Å². The average Bonchev–Trinajstić information content (AvgIpc) is 2.95. The van der Waals surface area contributed by atoms with Crippen LogP contribution in [0.25, 0.3) is 11.3 Å². The van der Waals surface area contributed by atoms with Crippen molar-refractivity contribution in [2.45, 2.75) is 48.0 Å². The van der Waals surface area contributed by atoms with Crippen molar-refractivity contribution < 1.29 is 21.8 Å². The van der Waals surface area contributed by atoms with Crippen LogP contribution in [0.2, 0.25) is 0 Å². The Morgan fingerprint density at radius 2 is 1.30 bits per heavy atom. The van der Waals surface area contributed by atoms with Crippen LogP contribution in [0, 0.1) is 33.0 Å². The van der Waals surface area contributed by atoms with Gasteiger partial charge in [-0.25, -0.2) is 6.07 Å². The van der Waals surface area contributed by atoms with Crippen LogP contribution in [-0.4, -0.2) is 0 Å². The Morgan fingerprint density at radius 3 is 1.67 bits per heavy atom. The molecule has 0 aliphatic heterocycles. The first kappa shape index (κ1) is 29.6. The van der Waals surface area contributed by atoms with Crippen LogP contribution in [0.4, 0.5) is 0 Å². The minimum absolute atomic E-state index is 0. The molecule has 161 valence electrons. The van der Waals surface area contributed by atoms with Gasteiger partial charge < -0.3 is 4.42 Å². The van der Waals surface area contributed by atoms with Gasteiger partial charge in [-0.15, -0.1) is 0 Å². The molecule has 0 amide bonds. The molecule has 0 bridgehead atoms. The number of hydrogen-bond donors (Lipinski definition) is 2. The number of benzene rings is 1. The molecule has 2 N–H and O–H groups in total. The van der Waals surface area contributed by atoms with Crippen LogP contribution in [0.1, 0.15) is 47.1 Å². The van der Waals surface area contributed by atoms with E-state index >= 15 is 0 Å². The van der Waals surface area contributed by atoms with Crippen molar-refractivity contribution in [1.82, 2.24) is 0 Å². The van der Waals surface area contributed by atoms with E-state index in [1.807, 2.05) is 37.3 Å². The van der Waals surface area contributed by atoms with E-state index in [0.717, 1.165) is 17.5 Å². The summed E-state index contributed by atoms with van der Waals surface area (Å²) in [6, 6.07) is 13.9. The van der Waals surface area contributed by atoms with Crippen LogP contribution in [-0.2, 0) is 23.8 Å². The molecule has 2 aromatic rings. The van der Waals surface area contributed by atoms with Crippen LogP contribution in [0.15, 0.2) is 67.9 Å². The number of aryl methyl sites for hydroxylation is 1. The van der Waals surface area contributed by atoms with Crippen molar-refractivity contribution in [2.75, 3.05) is 0 Å². The summed E-state index contributed by atoms with van der Waals surface area (Å²) in [7, 11) is 0. The number of nitroso groups, excluding NO2 is 2. The summed E-state index contributed by atoms with van der Waals surface area (Å²) >= 11 is 0. The third-order valence-corrected chi connectivity index (χ3v) is 5.08. The van der Waals surface area contributed by atoms with Crippen molar-refractivity contribution in [3.8, 4) is 11.3 Å². The summed E-state index contributed by atoms with van der Waals surface area (Å²) in [4.78, 5) is 26.1. The third kappa shape index (κ3) is 7.66. The van der Waals surface area contributed by atoms with Gasteiger partial charge in [0.15, 0.2) is 0 Å². The number of hydrogen-bond acceptors (Lipinski definition) is 6. The SMILES string of the molecule is CCc1c[c-]c(=O)oc1-c1ccccc1.C[C]1C(C)=C(C)C(C)=C1C.N=O.N=O.[Cr]. The van der Waals surface area contributed by atoms with Gasteiger partial charge in [-0.05, 0) is 44.4 Å². The van der Waals surface area contributed by atoms with Crippen molar-refractivity contribution in [3.05, 3.63) is 96.5 Å². The zero-order valence-corrected chi connectivity index (χ0v) is 19.5. The number of nitrogens with one attached hydrogen (secondary N) is 2. The predicted molar refractivity (Wildman–Crippen MR) is 116 cm³/mol. The van der Waals surface area contributed by atoms with Gasteiger partial charge in [-0.3, -0.25) is 4.79 Å². The first-order valence-corrected chi connectivity index (χ1v) is 9.07. The Kier molecular flexibility index (Phi) is 15.0. The molecule has 0 saturated carbocycles. The predicted octanol–water partition coefficient (Wildman–Crippen LogP) is 6.60. The molecule has 1 aromatic carbocycles. The standard InChI is InChI=1S/C13H11O2.C10H15.Cr.2HNO/c1-2-10-8-9-12(14)15-13(10)11-6-4-3-5-7-11;1-6-7(2)9(4)10(5)8(6)3;;2*1-2/h3-8H,2H2,1H3;1-5H3;;2*1H/q-1;;;;. The van der Waals surface area contributed by atoms with Crippen molar-refractivity contribution in [3.63, 3.8) is 0 Å². The normalized spacial score (nSPS) is 12.5. The second-order valence-electron chi connectivity index (χ2n) is 6.38. The first-order valence-electron chi connectivity index (χ1n) is 9.07. The maximum Gasteiger partial charge on any atom is 0.241 e. The van der Waals surface area contributed by atoms with Crippen molar-refractivity contribution in [2.24, 2.45) is 0 Å². The molecule has 7 heteroatoms. The summed E-state index contributed by atoms with van der Waals surface area (Å²) in [5.41, 5.74) is 16.4. The van der Waals surface area contributed by atoms with E-state index < -0.39 is 5.63 Å². The van der Waals surface area contributed by atoms with Crippen LogP contribution >= 0.6 is 0 Å². The van der Waals surface area contributed by atoms with Crippen LogP contribution in [0.5, 0.6) is 0 Å². The van der Waals surface area contributed by atoms with Gasteiger partial charge in [0.1, 0.15) is 0 Å². The Hall–Kier alpha value is -2.62. The average molecular weight is 448 g/mol. The van der Waals surface area contributed by atoms with E-state index in [-0.39, 0.29) is 17.4 Å². The molecule has 1 heterocycles. The van der Waals surface area contributed by atoms with E-state index in [9.17, 15) is 4.79 Å². The first-order chi connectivity index (χ1) is 13.9. The monoisotopic (exact) mass is 448 g/mol. The summed E-state index contributed by atoms with van der Waals surface area (Å²) in [5.74, 6) is 2.12. The van der Waals surface area contributed by atoms with E-state index in [2.05, 4.69) is 51.9 Å². The van der Waals surface area contributed by atoms with Crippen molar-refractivity contribution in [1.29, 1.82) is 11.2 Å². The molecular formula is C23H28CrN2O4-. The Morgan fingerprint density at radius 1 is 0.833 bits per heavy atom.